The molecule has 0 saturated carbocycles. The van der Waals surface area contributed by atoms with Gasteiger partial charge >= 0.3 is 5.69 Å². The van der Waals surface area contributed by atoms with Crippen LogP contribution in [-0.4, -0.2) is 44.4 Å². The summed E-state index contributed by atoms with van der Waals surface area (Å²) in [5.74, 6) is -2.75. The summed E-state index contributed by atoms with van der Waals surface area (Å²) in [7, 11) is 0. The van der Waals surface area contributed by atoms with E-state index in [9.17, 15) is 14.3 Å². The molecule has 100 valence electrons. The second-order valence-electron chi connectivity index (χ2n) is 4.02. The van der Waals surface area contributed by atoms with E-state index in [0.29, 0.717) is 0 Å². The number of nitrogens with zero attached hydrogens (tertiary/aromatic N) is 2. The third-order valence-electron chi connectivity index (χ3n) is 2.77. The van der Waals surface area contributed by atoms with Gasteiger partial charge in [-0.25, -0.2) is 9.18 Å². The number of nitrogen functional groups attached to an aromatic ring is 1. The lowest BCUT2D eigenvalue weighted by atomic mass is 10.1. The van der Waals surface area contributed by atoms with Crippen LogP contribution in [0.4, 0.5) is 10.2 Å². The van der Waals surface area contributed by atoms with Crippen molar-refractivity contribution in [3.05, 3.63) is 22.7 Å². The summed E-state index contributed by atoms with van der Waals surface area (Å²) in [4.78, 5) is 14.9. The van der Waals surface area contributed by atoms with Gasteiger partial charge in [0.1, 0.15) is 18.0 Å². The SMILES string of the molecule is Nc1ccn([C@@H]2O[C@H](CO)C(O)C2(N)F)c(=O)n1. The number of hydrogen-bond donors (Lipinski definition) is 4. The maximum absolute atomic E-state index is 14.1. The molecule has 2 rings (SSSR count). The van der Waals surface area contributed by atoms with Crippen molar-refractivity contribution in [3.8, 4) is 0 Å². The summed E-state index contributed by atoms with van der Waals surface area (Å²) in [6, 6.07) is 1.26. The lowest BCUT2D eigenvalue weighted by Crippen LogP contribution is -2.52. The second kappa shape index (κ2) is 4.28. The Morgan fingerprint density at radius 2 is 2.33 bits per heavy atom. The Bertz CT molecular complexity index is 506. The van der Waals surface area contributed by atoms with Gasteiger partial charge in [0.15, 0.2) is 6.23 Å². The smallest absolute Gasteiger partial charge is 0.351 e. The fourth-order valence-electron chi connectivity index (χ4n) is 1.80. The first kappa shape index (κ1) is 12.9. The standard InChI is InChI=1S/C9H13FN4O4/c10-9(12)6(16)4(3-15)18-7(9)14-2-1-5(11)13-8(14)17/h1-2,4,6-7,15-16H,3,12H2,(H2,11,13,17)/t4-,6?,7-,9?/m1/s1. The first-order valence-corrected chi connectivity index (χ1v) is 5.14. The third-order valence-corrected chi connectivity index (χ3v) is 2.77. The highest BCUT2D eigenvalue weighted by Gasteiger charge is 2.56. The highest BCUT2D eigenvalue weighted by atomic mass is 19.1. The fourth-order valence-corrected chi connectivity index (χ4v) is 1.80. The number of ether oxygens (including phenoxy) is 1. The monoisotopic (exact) mass is 260 g/mol. The molecule has 2 heterocycles. The number of anilines is 1. The van der Waals surface area contributed by atoms with Crippen LogP contribution in [0.15, 0.2) is 17.1 Å². The third kappa shape index (κ3) is 1.86. The molecule has 1 aromatic rings. The van der Waals surface area contributed by atoms with E-state index >= 15 is 0 Å². The maximum Gasteiger partial charge on any atom is 0.351 e. The van der Waals surface area contributed by atoms with Crippen molar-refractivity contribution in [2.24, 2.45) is 5.73 Å². The first-order chi connectivity index (χ1) is 8.37. The van der Waals surface area contributed by atoms with Crippen molar-refractivity contribution in [2.75, 3.05) is 12.3 Å². The zero-order valence-electron chi connectivity index (χ0n) is 9.23. The minimum atomic E-state index is -2.71. The molecule has 1 fully saturated rings. The van der Waals surface area contributed by atoms with Crippen LogP contribution in [0.1, 0.15) is 6.23 Å². The minimum Gasteiger partial charge on any atom is -0.394 e. The summed E-state index contributed by atoms with van der Waals surface area (Å²) < 4.78 is 19.9. The molecule has 0 aromatic carbocycles. The van der Waals surface area contributed by atoms with E-state index in [1.165, 1.54) is 6.07 Å². The molecule has 8 nitrogen and oxygen atoms in total. The summed E-state index contributed by atoms with van der Waals surface area (Å²) in [5.41, 5.74) is 9.73. The highest BCUT2D eigenvalue weighted by molar-refractivity contribution is 5.23. The van der Waals surface area contributed by atoms with Crippen LogP contribution in [0.5, 0.6) is 0 Å². The number of hydrogen-bond acceptors (Lipinski definition) is 7. The van der Waals surface area contributed by atoms with Gasteiger partial charge in [-0.05, 0) is 6.07 Å². The van der Waals surface area contributed by atoms with Gasteiger partial charge in [0.05, 0.1) is 6.61 Å². The Morgan fingerprint density at radius 1 is 1.67 bits per heavy atom. The molecule has 18 heavy (non-hydrogen) atoms. The topological polar surface area (TPSA) is 137 Å². The average molecular weight is 260 g/mol. The molecule has 2 unspecified atom stereocenters. The molecular formula is C9H13FN4O4. The Balaban J connectivity index is 2.42. The van der Waals surface area contributed by atoms with Crippen LogP contribution < -0.4 is 17.2 Å². The second-order valence-corrected chi connectivity index (χ2v) is 4.02. The number of alkyl halides is 1. The number of nitrogens with two attached hydrogens (primary N) is 2. The molecule has 1 aliphatic rings. The number of rotatable bonds is 2. The van der Waals surface area contributed by atoms with Crippen LogP contribution in [0.2, 0.25) is 0 Å². The lowest BCUT2D eigenvalue weighted by molar-refractivity contribution is -0.0644. The van der Waals surface area contributed by atoms with Gasteiger partial charge < -0.3 is 20.7 Å². The lowest BCUT2D eigenvalue weighted by Gasteiger charge is -2.24. The summed E-state index contributed by atoms with van der Waals surface area (Å²) >= 11 is 0. The molecule has 1 aliphatic heterocycles. The first-order valence-electron chi connectivity index (χ1n) is 5.14. The van der Waals surface area contributed by atoms with E-state index in [4.69, 9.17) is 21.3 Å². The quantitative estimate of drug-likeness (QED) is 0.439. The fraction of sp³-hybridized carbons (Fsp3) is 0.556. The predicted octanol–water partition coefficient (Wildman–Crippen LogP) is -2.30. The van der Waals surface area contributed by atoms with Gasteiger partial charge in [-0.3, -0.25) is 10.3 Å². The number of aliphatic hydroxyl groups is 2. The van der Waals surface area contributed by atoms with Gasteiger partial charge in [0, 0.05) is 6.20 Å². The van der Waals surface area contributed by atoms with E-state index in [1.807, 2.05) is 0 Å². The maximum atomic E-state index is 14.1. The molecule has 9 heteroatoms. The van der Waals surface area contributed by atoms with Crippen molar-refractivity contribution in [1.29, 1.82) is 0 Å². The number of aromatic nitrogens is 2. The van der Waals surface area contributed by atoms with E-state index < -0.39 is 36.5 Å². The normalized spacial score (nSPS) is 35.9. The van der Waals surface area contributed by atoms with Gasteiger partial charge in [-0.1, -0.05) is 0 Å². The molecule has 0 aliphatic carbocycles. The van der Waals surface area contributed by atoms with Crippen LogP contribution in [-0.2, 0) is 4.74 Å². The van der Waals surface area contributed by atoms with E-state index in [-0.39, 0.29) is 5.82 Å². The Hall–Kier alpha value is -1.55. The number of halogens is 1. The molecule has 0 amide bonds. The predicted molar refractivity (Wildman–Crippen MR) is 57.9 cm³/mol. The van der Waals surface area contributed by atoms with E-state index in [1.54, 1.807) is 0 Å². The van der Waals surface area contributed by atoms with Crippen LogP contribution in [0.3, 0.4) is 0 Å². The summed E-state index contributed by atoms with van der Waals surface area (Å²) in [6.07, 6.45) is -3.39. The van der Waals surface area contributed by atoms with Gasteiger partial charge in [-0.2, -0.15) is 4.98 Å². The molecule has 4 atom stereocenters. The van der Waals surface area contributed by atoms with Gasteiger partial charge in [0.25, 0.3) is 0 Å². The molecule has 6 N–H and O–H groups in total. The Labute approximate surface area is 101 Å². The minimum absolute atomic E-state index is 0.0324. The van der Waals surface area contributed by atoms with Gasteiger partial charge in [0.2, 0.25) is 5.79 Å². The van der Waals surface area contributed by atoms with E-state index in [2.05, 4.69) is 4.98 Å². The zero-order chi connectivity index (χ0) is 13.5. The zero-order valence-corrected chi connectivity index (χ0v) is 9.23. The Morgan fingerprint density at radius 3 is 2.83 bits per heavy atom. The van der Waals surface area contributed by atoms with Crippen molar-refractivity contribution in [2.45, 2.75) is 24.2 Å². The largest absolute Gasteiger partial charge is 0.394 e. The van der Waals surface area contributed by atoms with Crippen LogP contribution in [0, 0.1) is 0 Å². The van der Waals surface area contributed by atoms with Crippen molar-refractivity contribution in [3.63, 3.8) is 0 Å². The summed E-state index contributed by atoms with van der Waals surface area (Å²) in [6.45, 7) is -0.627. The molecular weight excluding hydrogens is 247 g/mol. The van der Waals surface area contributed by atoms with Gasteiger partial charge in [-0.15, -0.1) is 0 Å². The van der Waals surface area contributed by atoms with Crippen LogP contribution in [0.25, 0.3) is 0 Å². The molecule has 0 spiro atoms. The Kier molecular flexibility index (Phi) is 3.07. The summed E-state index contributed by atoms with van der Waals surface area (Å²) in [5, 5.41) is 18.5. The average Bonchev–Trinajstić information content (AvgIpc) is 2.52. The molecule has 0 bridgehead atoms. The number of aliphatic hydroxyl groups excluding tert-OH is 2. The highest BCUT2D eigenvalue weighted by Crippen LogP contribution is 2.36. The van der Waals surface area contributed by atoms with Crippen LogP contribution >= 0.6 is 0 Å². The molecule has 1 saturated heterocycles. The van der Waals surface area contributed by atoms with E-state index in [0.717, 1.165) is 10.8 Å². The molecule has 1 aromatic heterocycles. The molecule has 0 radical (unpaired) electrons. The van der Waals surface area contributed by atoms with Crippen molar-refractivity contribution >= 4 is 5.82 Å². The van der Waals surface area contributed by atoms with Crippen molar-refractivity contribution < 1.29 is 19.3 Å². The van der Waals surface area contributed by atoms with Crippen molar-refractivity contribution in [1.82, 2.24) is 9.55 Å².